The van der Waals surface area contributed by atoms with Gasteiger partial charge in [-0.1, -0.05) is 12.1 Å². The zero-order valence-electron chi connectivity index (χ0n) is 12.3. The van der Waals surface area contributed by atoms with Gasteiger partial charge in [0, 0.05) is 37.1 Å². The van der Waals surface area contributed by atoms with Gasteiger partial charge in [0.2, 0.25) is 0 Å². The van der Waals surface area contributed by atoms with Gasteiger partial charge in [0.15, 0.2) is 0 Å². The largest absolute Gasteiger partial charge is 0.497 e. The van der Waals surface area contributed by atoms with E-state index in [0.717, 1.165) is 34.9 Å². The molecular weight excluding hydrogens is 250 g/mol. The van der Waals surface area contributed by atoms with Gasteiger partial charge in [0.1, 0.15) is 5.75 Å². The first kappa shape index (κ1) is 14.3. The van der Waals surface area contributed by atoms with E-state index < -0.39 is 0 Å². The minimum Gasteiger partial charge on any atom is -0.497 e. The predicted octanol–water partition coefficient (Wildman–Crippen LogP) is 2.49. The minimum absolute atomic E-state index is 0.570. The lowest BCUT2D eigenvalue weighted by Gasteiger charge is -2.19. The number of nitrogens with zero attached hydrogens (tertiary/aromatic N) is 2. The molecule has 0 saturated heterocycles. The molecule has 1 aromatic carbocycles. The normalized spacial score (nSPS) is 10.4. The van der Waals surface area contributed by atoms with E-state index in [1.807, 2.05) is 26.1 Å². The molecule has 4 nitrogen and oxygen atoms in total. The minimum atomic E-state index is 0.570. The number of rotatable bonds is 5. The highest BCUT2D eigenvalue weighted by molar-refractivity contribution is 5.47. The molecule has 2 N–H and O–H groups in total. The second-order valence-corrected chi connectivity index (χ2v) is 4.87. The highest BCUT2D eigenvalue weighted by atomic mass is 16.5. The van der Waals surface area contributed by atoms with Gasteiger partial charge in [0.25, 0.3) is 0 Å². The molecule has 2 rings (SSSR count). The monoisotopic (exact) mass is 271 g/mol. The Bertz CT molecular complexity index is 566. The lowest BCUT2D eigenvalue weighted by atomic mass is 10.2. The molecule has 0 aliphatic rings. The Kier molecular flexibility index (Phi) is 4.58. The van der Waals surface area contributed by atoms with Crippen LogP contribution in [0, 0.1) is 6.92 Å². The van der Waals surface area contributed by atoms with Crippen LogP contribution in [0.15, 0.2) is 36.4 Å². The fraction of sp³-hybridized carbons (Fsp3) is 0.312. The van der Waals surface area contributed by atoms with E-state index in [2.05, 4.69) is 34.1 Å². The summed E-state index contributed by atoms with van der Waals surface area (Å²) in [7, 11) is 3.72. The number of anilines is 1. The topological polar surface area (TPSA) is 51.4 Å². The maximum atomic E-state index is 5.61. The molecule has 1 aromatic heterocycles. The summed E-state index contributed by atoms with van der Waals surface area (Å²) < 4.78 is 5.28. The molecule has 0 aliphatic heterocycles. The van der Waals surface area contributed by atoms with Crippen LogP contribution in [0.3, 0.4) is 0 Å². The zero-order valence-corrected chi connectivity index (χ0v) is 12.3. The van der Waals surface area contributed by atoms with Crippen molar-refractivity contribution in [3.8, 4) is 5.75 Å². The number of ether oxygens (including phenoxy) is 1. The average Bonchev–Trinajstić information content (AvgIpc) is 2.46. The Morgan fingerprint density at radius 3 is 2.50 bits per heavy atom. The summed E-state index contributed by atoms with van der Waals surface area (Å²) in [5.74, 6) is 0.847. The SMILES string of the molecule is COc1cc(C)nc(CN(C)c2ccc(CN)cc2)c1. The summed E-state index contributed by atoms with van der Waals surface area (Å²) in [5.41, 5.74) is 9.85. The number of hydrogen-bond acceptors (Lipinski definition) is 4. The van der Waals surface area contributed by atoms with E-state index >= 15 is 0 Å². The third-order valence-electron chi connectivity index (χ3n) is 3.23. The third-order valence-corrected chi connectivity index (χ3v) is 3.23. The number of benzene rings is 1. The average molecular weight is 271 g/mol. The first-order valence-corrected chi connectivity index (χ1v) is 6.64. The fourth-order valence-corrected chi connectivity index (χ4v) is 2.12. The Hall–Kier alpha value is -2.07. The smallest absolute Gasteiger partial charge is 0.122 e. The molecule has 0 unspecified atom stereocenters. The van der Waals surface area contributed by atoms with E-state index in [1.165, 1.54) is 0 Å². The predicted molar refractivity (Wildman–Crippen MR) is 82.0 cm³/mol. The van der Waals surface area contributed by atoms with E-state index in [1.54, 1.807) is 7.11 Å². The molecule has 0 amide bonds. The summed E-state index contributed by atoms with van der Waals surface area (Å²) in [5, 5.41) is 0. The Balaban J connectivity index is 2.13. The molecule has 2 aromatic rings. The van der Waals surface area contributed by atoms with Crippen molar-refractivity contribution < 1.29 is 4.74 Å². The first-order chi connectivity index (χ1) is 9.62. The molecule has 0 atom stereocenters. The standard InChI is InChI=1S/C16H21N3O/c1-12-8-16(20-3)9-14(18-12)11-19(2)15-6-4-13(10-17)5-7-15/h4-9H,10-11,17H2,1-3H3. The van der Waals surface area contributed by atoms with E-state index in [9.17, 15) is 0 Å². The van der Waals surface area contributed by atoms with Crippen LogP contribution < -0.4 is 15.4 Å². The van der Waals surface area contributed by atoms with E-state index in [4.69, 9.17) is 10.5 Å². The maximum Gasteiger partial charge on any atom is 0.122 e. The van der Waals surface area contributed by atoms with Gasteiger partial charge in [-0.05, 0) is 24.6 Å². The zero-order chi connectivity index (χ0) is 14.5. The van der Waals surface area contributed by atoms with Crippen molar-refractivity contribution in [2.24, 2.45) is 5.73 Å². The van der Waals surface area contributed by atoms with Crippen LogP contribution in [0.5, 0.6) is 5.75 Å². The van der Waals surface area contributed by atoms with E-state index in [-0.39, 0.29) is 0 Å². The van der Waals surface area contributed by atoms with Crippen molar-refractivity contribution in [2.45, 2.75) is 20.0 Å². The number of methoxy groups -OCH3 is 1. The van der Waals surface area contributed by atoms with Crippen LogP contribution in [0.1, 0.15) is 17.0 Å². The third kappa shape index (κ3) is 3.48. The highest BCUT2D eigenvalue weighted by Crippen LogP contribution is 2.18. The molecule has 0 aliphatic carbocycles. The Morgan fingerprint density at radius 2 is 1.90 bits per heavy atom. The molecule has 0 spiro atoms. The van der Waals surface area contributed by atoms with Crippen molar-refractivity contribution in [3.05, 3.63) is 53.3 Å². The molecule has 0 fully saturated rings. The molecular formula is C16H21N3O. The summed E-state index contributed by atoms with van der Waals surface area (Å²) in [6.07, 6.45) is 0. The quantitative estimate of drug-likeness (QED) is 0.907. The molecule has 20 heavy (non-hydrogen) atoms. The van der Waals surface area contributed by atoms with E-state index in [0.29, 0.717) is 6.54 Å². The number of hydrogen-bond donors (Lipinski definition) is 1. The molecule has 106 valence electrons. The molecule has 1 heterocycles. The summed E-state index contributed by atoms with van der Waals surface area (Å²) in [4.78, 5) is 6.69. The highest BCUT2D eigenvalue weighted by Gasteiger charge is 2.06. The van der Waals surface area contributed by atoms with Crippen LogP contribution in [-0.4, -0.2) is 19.1 Å². The van der Waals surface area contributed by atoms with Crippen molar-refractivity contribution >= 4 is 5.69 Å². The van der Waals surface area contributed by atoms with Gasteiger partial charge < -0.3 is 15.4 Å². The molecule has 0 radical (unpaired) electrons. The molecule has 0 saturated carbocycles. The number of pyridine rings is 1. The van der Waals surface area contributed by atoms with Crippen molar-refractivity contribution in [1.29, 1.82) is 0 Å². The van der Waals surface area contributed by atoms with Gasteiger partial charge in [-0.3, -0.25) is 4.98 Å². The van der Waals surface area contributed by atoms with Crippen LogP contribution in [-0.2, 0) is 13.1 Å². The first-order valence-electron chi connectivity index (χ1n) is 6.64. The second-order valence-electron chi connectivity index (χ2n) is 4.87. The van der Waals surface area contributed by atoms with Crippen LogP contribution in [0.25, 0.3) is 0 Å². The Labute approximate surface area is 120 Å². The Morgan fingerprint density at radius 1 is 1.20 bits per heavy atom. The van der Waals surface area contributed by atoms with Gasteiger partial charge in [0.05, 0.1) is 19.3 Å². The summed E-state index contributed by atoms with van der Waals surface area (Å²) in [6, 6.07) is 12.2. The van der Waals surface area contributed by atoms with Crippen LogP contribution >= 0.6 is 0 Å². The fourth-order valence-electron chi connectivity index (χ4n) is 2.12. The summed E-state index contributed by atoms with van der Waals surface area (Å²) in [6.45, 7) is 3.28. The van der Waals surface area contributed by atoms with Crippen molar-refractivity contribution in [2.75, 3.05) is 19.1 Å². The van der Waals surface area contributed by atoms with Crippen LogP contribution in [0.4, 0.5) is 5.69 Å². The number of nitrogens with two attached hydrogens (primary N) is 1. The van der Waals surface area contributed by atoms with Crippen LogP contribution in [0.2, 0.25) is 0 Å². The molecule has 4 heteroatoms. The molecule has 0 bridgehead atoms. The number of aryl methyl sites for hydroxylation is 1. The van der Waals surface area contributed by atoms with Gasteiger partial charge in [-0.2, -0.15) is 0 Å². The number of aromatic nitrogens is 1. The second kappa shape index (κ2) is 6.39. The lowest BCUT2D eigenvalue weighted by Crippen LogP contribution is -2.17. The van der Waals surface area contributed by atoms with Crippen molar-refractivity contribution in [1.82, 2.24) is 4.98 Å². The van der Waals surface area contributed by atoms with Crippen molar-refractivity contribution in [3.63, 3.8) is 0 Å². The van der Waals surface area contributed by atoms with Gasteiger partial charge in [-0.25, -0.2) is 0 Å². The lowest BCUT2D eigenvalue weighted by molar-refractivity contribution is 0.413. The summed E-state index contributed by atoms with van der Waals surface area (Å²) >= 11 is 0. The van der Waals surface area contributed by atoms with Gasteiger partial charge >= 0.3 is 0 Å². The maximum absolute atomic E-state index is 5.61. The van der Waals surface area contributed by atoms with Gasteiger partial charge in [-0.15, -0.1) is 0 Å².